The van der Waals surface area contributed by atoms with Gasteiger partial charge in [-0.15, -0.1) is 0 Å². The van der Waals surface area contributed by atoms with Crippen molar-refractivity contribution in [3.63, 3.8) is 0 Å². The van der Waals surface area contributed by atoms with Crippen LogP contribution in [0.3, 0.4) is 0 Å². The average Bonchev–Trinajstić information content (AvgIpc) is 2.82. The number of hydrogen-bond donors (Lipinski definition) is 1. The second-order valence-corrected chi connectivity index (χ2v) is 9.03. The van der Waals surface area contributed by atoms with Gasteiger partial charge in [0.2, 0.25) is 10.0 Å². The Morgan fingerprint density at radius 3 is 2.50 bits per heavy atom. The average molecular weight is 483 g/mol. The molecule has 0 saturated carbocycles. The molecule has 1 aromatic heterocycles. The third-order valence-electron chi connectivity index (χ3n) is 5.10. The summed E-state index contributed by atoms with van der Waals surface area (Å²) in [6.45, 7) is 3.12. The number of sulfonamides is 1. The Balaban J connectivity index is 1.97. The van der Waals surface area contributed by atoms with Gasteiger partial charge in [0, 0.05) is 36.0 Å². The third kappa shape index (κ3) is 4.59. The van der Waals surface area contributed by atoms with Crippen LogP contribution in [0.25, 0.3) is 22.0 Å². The molecule has 0 aliphatic heterocycles. The number of rotatable bonds is 7. The Hall–Kier alpha value is -3.89. The summed E-state index contributed by atoms with van der Waals surface area (Å²) in [5.41, 5.74) is 0.784. The summed E-state index contributed by atoms with van der Waals surface area (Å²) in [7, 11) is -2.27. The molecule has 34 heavy (non-hydrogen) atoms. The second kappa shape index (κ2) is 9.16. The summed E-state index contributed by atoms with van der Waals surface area (Å²) >= 11 is 0. The molecule has 4 rings (SSSR count). The molecule has 0 bridgehead atoms. The molecule has 0 aliphatic carbocycles. The molecule has 0 amide bonds. The third-order valence-corrected chi connectivity index (χ3v) is 6.09. The van der Waals surface area contributed by atoms with E-state index in [4.69, 9.17) is 4.74 Å². The van der Waals surface area contributed by atoms with Gasteiger partial charge < -0.3 is 4.74 Å². The van der Waals surface area contributed by atoms with E-state index in [9.17, 15) is 22.0 Å². The fraction of sp³-hybridized carbons (Fsp3) is 0.0833. The van der Waals surface area contributed by atoms with E-state index in [0.29, 0.717) is 33.7 Å². The molecule has 174 valence electrons. The van der Waals surface area contributed by atoms with E-state index in [1.54, 1.807) is 42.5 Å². The van der Waals surface area contributed by atoms with Crippen LogP contribution >= 0.6 is 0 Å². The predicted octanol–water partition coefficient (Wildman–Crippen LogP) is 4.23. The molecule has 1 heterocycles. The lowest BCUT2D eigenvalue weighted by Crippen LogP contribution is -2.22. The van der Waals surface area contributed by atoms with Crippen LogP contribution in [0.15, 0.2) is 77.4 Å². The van der Waals surface area contributed by atoms with Gasteiger partial charge in [-0.25, -0.2) is 26.6 Å². The summed E-state index contributed by atoms with van der Waals surface area (Å²) in [5.74, 6) is -1.77. The maximum atomic E-state index is 14.4. The first-order valence-corrected chi connectivity index (χ1v) is 11.6. The summed E-state index contributed by atoms with van der Waals surface area (Å²) in [5, 5.41) is 6.07. The molecule has 1 N–H and O–H groups in total. The predicted molar refractivity (Wildman–Crippen MR) is 125 cm³/mol. The van der Waals surface area contributed by atoms with Gasteiger partial charge in [0.15, 0.2) is 11.6 Å². The zero-order valence-corrected chi connectivity index (χ0v) is 18.8. The van der Waals surface area contributed by atoms with E-state index in [0.717, 1.165) is 22.2 Å². The zero-order valence-electron chi connectivity index (χ0n) is 18.0. The molecule has 7 nitrogen and oxygen atoms in total. The number of ether oxygens (including phenoxy) is 1. The van der Waals surface area contributed by atoms with Gasteiger partial charge in [0.25, 0.3) is 5.56 Å². The van der Waals surface area contributed by atoms with Crippen LogP contribution in [0.4, 0.5) is 8.78 Å². The number of nitrogens with one attached hydrogen (secondary N) is 1. The van der Waals surface area contributed by atoms with Crippen LogP contribution in [0.1, 0.15) is 5.56 Å². The number of nitrogens with zero attached hydrogens (tertiary/aromatic N) is 2. The number of benzene rings is 3. The normalized spacial score (nSPS) is 11.5. The lowest BCUT2D eigenvalue weighted by Gasteiger charge is -2.17. The van der Waals surface area contributed by atoms with E-state index in [-0.39, 0.29) is 23.6 Å². The Kier molecular flexibility index (Phi) is 6.27. The van der Waals surface area contributed by atoms with Crippen LogP contribution in [-0.2, 0) is 23.6 Å². The minimum absolute atomic E-state index is 0.136. The number of halogens is 2. The number of fused-ring (bicyclic) bond motifs is 1. The van der Waals surface area contributed by atoms with Crippen molar-refractivity contribution >= 4 is 20.8 Å². The highest BCUT2D eigenvalue weighted by Crippen LogP contribution is 2.38. The Labute approximate surface area is 194 Å². The van der Waals surface area contributed by atoms with E-state index in [2.05, 4.69) is 16.4 Å². The van der Waals surface area contributed by atoms with Gasteiger partial charge in [0.1, 0.15) is 17.3 Å². The fourth-order valence-corrected chi connectivity index (χ4v) is 3.95. The van der Waals surface area contributed by atoms with Crippen molar-refractivity contribution < 1.29 is 21.9 Å². The van der Waals surface area contributed by atoms with Gasteiger partial charge in [-0.1, -0.05) is 36.9 Å². The summed E-state index contributed by atoms with van der Waals surface area (Å²) in [6.07, 6.45) is 0. The van der Waals surface area contributed by atoms with E-state index in [1.165, 1.54) is 7.05 Å². The number of aromatic nitrogens is 2. The Morgan fingerprint density at radius 1 is 1.06 bits per heavy atom. The van der Waals surface area contributed by atoms with Crippen molar-refractivity contribution in [2.75, 3.05) is 0 Å². The largest absolute Gasteiger partial charge is 0.454 e. The van der Waals surface area contributed by atoms with Crippen molar-refractivity contribution in [2.45, 2.75) is 6.54 Å². The highest BCUT2D eigenvalue weighted by Gasteiger charge is 2.20. The lowest BCUT2D eigenvalue weighted by molar-refractivity contribution is 0.438. The van der Waals surface area contributed by atoms with Gasteiger partial charge in [-0.05, 0) is 29.8 Å². The SMILES string of the molecule is C=CS(=O)(=O)NCc1cccc(Oc2ccc(F)cc2F)c1-c1nn(C)c(=O)c2ccccc12. The highest BCUT2D eigenvalue weighted by molar-refractivity contribution is 7.92. The molecule has 0 spiro atoms. The van der Waals surface area contributed by atoms with Crippen molar-refractivity contribution in [3.05, 3.63) is 100 Å². The van der Waals surface area contributed by atoms with Gasteiger partial charge in [-0.3, -0.25) is 4.79 Å². The van der Waals surface area contributed by atoms with E-state index < -0.39 is 21.7 Å². The fourth-order valence-electron chi connectivity index (χ4n) is 3.48. The van der Waals surface area contributed by atoms with Gasteiger partial charge in [0.05, 0.1) is 5.39 Å². The van der Waals surface area contributed by atoms with E-state index in [1.807, 2.05) is 0 Å². The molecule has 0 saturated heterocycles. The minimum atomic E-state index is -3.76. The van der Waals surface area contributed by atoms with Crippen molar-refractivity contribution in [1.82, 2.24) is 14.5 Å². The molecule has 0 radical (unpaired) electrons. The molecule has 3 aromatic carbocycles. The van der Waals surface area contributed by atoms with Crippen molar-refractivity contribution in [2.24, 2.45) is 7.05 Å². The minimum Gasteiger partial charge on any atom is -0.454 e. The summed E-state index contributed by atoms with van der Waals surface area (Å²) in [4.78, 5) is 12.6. The van der Waals surface area contributed by atoms with E-state index >= 15 is 0 Å². The molecule has 10 heteroatoms. The summed E-state index contributed by atoms with van der Waals surface area (Å²) in [6, 6.07) is 14.5. The number of hydrogen-bond acceptors (Lipinski definition) is 5. The zero-order chi connectivity index (χ0) is 24.5. The van der Waals surface area contributed by atoms with Crippen LogP contribution in [-0.4, -0.2) is 18.2 Å². The molecule has 0 unspecified atom stereocenters. The lowest BCUT2D eigenvalue weighted by atomic mass is 9.99. The first-order chi connectivity index (χ1) is 16.2. The first-order valence-electron chi connectivity index (χ1n) is 10.0. The van der Waals surface area contributed by atoms with Crippen molar-refractivity contribution in [3.8, 4) is 22.8 Å². The second-order valence-electron chi connectivity index (χ2n) is 7.32. The topological polar surface area (TPSA) is 90.3 Å². The first kappa shape index (κ1) is 23.3. The smallest absolute Gasteiger partial charge is 0.274 e. The summed E-state index contributed by atoms with van der Waals surface area (Å²) < 4.78 is 61.1. The molecule has 0 atom stereocenters. The van der Waals surface area contributed by atoms with Crippen LogP contribution in [0.5, 0.6) is 11.5 Å². The Morgan fingerprint density at radius 2 is 1.79 bits per heavy atom. The molecular weight excluding hydrogens is 464 g/mol. The quantitative estimate of drug-likeness (QED) is 0.425. The highest BCUT2D eigenvalue weighted by atomic mass is 32.2. The standard InChI is InChI=1S/C24H19F2N3O4S/c1-3-34(31,32)27-14-15-7-6-10-21(33-20-12-11-16(25)13-19(20)26)22(15)23-17-8-4-5-9-18(17)24(30)29(2)28-23/h3-13,27H,1,14H2,2H3. The molecule has 4 aromatic rings. The monoisotopic (exact) mass is 483 g/mol. The molecule has 0 aliphatic rings. The Bertz CT molecular complexity index is 1580. The molecule has 0 fully saturated rings. The maximum Gasteiger partial charge on any atom is 0.274 e. The van der Waals surface area contributed by atoms with Crippen LogP contribution in [0, 0.1) is 11.6 Å². The number of aryl methyl sites for hydroxylation is 1. The van der Waals surface area contributed by atoms with Gasteiger partial charge in [-0.2, -0.15) is 5.10 Å². The maximum absolute atomic E-state index is 14.4. The molecular formula is C24H19F2N3O4S. The van der Waals surface area contributed by atoms with Crippen LogP contribution < -0.4 is 15.0 Å². The van der Waals surface area contributed by atoms with Crippen LogP contribution in [0.2, 0.25) is 0 Å². The van der Waals surface area contributed by atoms with Crippen molar-refractivity contribution in [1.29, 1.82) is 0 Å². The van der Waals surface area contributed by atoms with Gasteiger partial charge >= 0.3 is 0 Å².